The molecule has 1 amide bonds. The Morgan fingerprint density at radius 3 is 2.75 bits per heavy atom. The number of nitrogens with zero attached hydrogens (tertiary/aromatic N) is 1. The number of hydrogen-bond acceptors (Lipinski definition) is 2. The molecular weight excluding hydrogens is 224 g/mol. The number of nitrogens with one attached hydrogen (secondary N) is 1. The Morgan fingerprint density at radius 1 is 1.69 bits per heavy atom. The molecule has 1 rings (SSSR count). The Morgan fingerprint density at radius 2 is 2.31 bits per heavy atom. The van der Waals surface area contributed by atoms with Gasteiger partial charge in [0.2, 0.25) is 5.91 Å². The standard InChI is InChI=1S/C12H22N2O.ClH/c1-5-12(4)10(3)9-14(11(12)15)8-7-13-6-2;/h5,10,13H,1,6-9H2,2-4H3;1H. The van der Waals surface area contributed by atoms with Crippen molar-refractivity contribution in [3.05, 3.63) is 12.7 Å². The molecule has 1 saturated heterocycles. The SMILES string of the molecule is C=CC1(C)C(=O)N(CCNCC)CC1C.Cl. The Balaban J connectivity index is 0.00000225. The van der Waals surface area contributed by atoms with E-state index in [4.69, 9.17) is 0 Å². The molecule has 4 heteroatoms. The average molecular weight is 247 g/mol. The van der Waals surface area contributed by atoms with Crippen LogP contribution >= 0.6 is 12.4 Å². The van der Waals surface area contributed by atoms with Crippen molar-refractivity contribution in [2.45, 2.75) is 20.8 Å². The fourth-order valence-corrected chi connectivity index (χ4v) is 2.03. The van der Waals surface area contributed by atoms with Gasteiger partial charge in [-0.1, -0.05) is 19.9 Å². The average Bonchev–Trinajstić information content (AvgIpc) is 2.44. The molecule has 94 valence electrons. The lowest BCUT2D eigenvalue weighted by Crippen LogP contribution is -2.36. The van der Waals surface area contributed by atoms with Crippen LogP contribution in [0, 0.1) is 11.3 Å². The van der Waals surface area contributed by atoms with E-state index in [0.29, 0.717) is 5.92 Å². The number of halogens is 1. The molecule has 0 spiro atoms. The lowest BCUT2D eigenvalue weighted by Gasteiger charge is -2.21. The second kappa shape index (κ2) is 6.26. The summed E-state index contributed by atoms with van der Waals surface area (Å²) in [7, 11) is 0. The van der Waals surface area contributed by atoms with Crippen LogP contribution in [-0.2, 0) is 4.79 Å². The van der Waals surface area contributed by atoms with E-state index in [2.05, 4.69) is 25.7 Å². The van der Waals surface area contributed by atoms with Gasteiger partial charge in [-0.25, -0.2) is 0 Å². The van der Waals surface area contributed by atoms with Crippen molar-refractivity contribution >= 4 is 18.3 Å². The predicted octanol–water partition coefficient (Wildman–Crippen LogP) is 1.69. The second-order valence-electron chi connectivity index (χ2n) is 4.49. The Bertz CT molecular complexity index is 257. The minimum Gasteiger partial charge on any atom is -0.340 e. The van der Waals surface area contributed by atoms with Gasteiger partial charge in [0.1, 0.15) is 0 Å². The molecule has 2 unspecified atom stereocenters. The lowest BCUT2D eigenvalue weighted by atomic mass is 9.81. The van der Waals surface area contributed by atoms with Crippen LogP contribution in [0.2, 0.25) is 0 Å². The largest absolute Gasteiger partial charge is 0.340 e. The zero-order valence-electron chi connectivity index (χ0n) is 10.5. The number of amides is 1. The molecule has 1 heterocycles. The van der Waals surface area contributed by atoms with E-state index < -0.39 is 0 Å². The van der Waals surface area contributed by atoms with Crippen molar-refractivity contribution in [2.75, 3.05) is 26.2 Å². The van der Waals surface area contributed by atoms with E-state index in [9.17, 15) is 4.79 Å². The van der Waals surface area contributed by atoms with Gasteiger partial charge in [-0.15, -0.1) is 19.0 Å². The number of carbonyl (C=O) groups is 1. The summed E-state index contributed by atoms with van der Waals surface area (Å²) in [6.45, 7) is 13.5. The summed E-state index contributed by atoms with van der Waals surface area (Å²) in [5.41, 5.74) is -0.355. The van der Waals surface area contributed by atoms with Crippen molar-refractivity contribution in [1.82, 2.24) is 10.2 Å². The highest BCUT2D eigenvalue weighted by Gasteiger charge is 2.45. The first-order valence-electron chi connectivity index (χ1n) is 5.70. The molecule has 0 aliphatic carbocycles. The summed E-state index contributed by atoms with van der Waals surface area (Å²) >= 11 is 0. The number of carbonyl (C=O) groups excluding carboxylic acids is 1. The van der Waals surface area contributed by atoms with Gasteiger partial charge in [0.05, 0.1) is 5.41 Å². The molecule has 1 aliphatic heterocycles. The fourth-order valence-electron chi connectivity index (χ4n) is 2.03. The van der Waals surface area contributed by atoms with Crippen LogP contribution in [0.15, 0.2) is 12.7 Å². The maximum atomic E-state index is 12.1. The summed E-state index contributed by atoms with van der Waals surface area (Å²) in [6, 6.07) is 0. The van der Waals surface area contributed by atoms with Gasteiger partial charge in [-0.05, 0) is 19.4 Å². The smallest absolute Gasteiger partial charge is 0.232 e. The maximum Gasteiger partial charge on any atom is 0.232 e. The number of hydrogen-bond donors (Lipinski definition) is 1. The van der Waals surface area contributed by atoms with Crippen LogP contribution in [0.3, 0.4) is 0 Å². The number of likely N-dealkylation sites (N-methyl/N-ethyl adjacent to an activating group) is 1. The summed E-state index contributed by atoms with van der Waals surface area (Å²) in [6.07, 6.45) is 1.80. The molecule has 16 heavy (non-hydrogen) atoms. The molecule has 0 aromatic rings. The van der Waals surface area contributed by atoms with E-state index in [-0.39, 0.29) is 23.7 Å². The van der Waals surface area contributed by atoms with Crippen LogP contribution in [0.1, 0.15) is 20.8 Å². The third-order valence-electron chi connectivity index (χ3n) is 3.50. The van der Waals surface area contributed by atoms with Gasteiger partial charge in [0.25, 0.3) is 0 Å². The van der Waals surface area contributed by atoms with Crippen molar-refractivity contribution in [3.63, 3.8) is 0 Å². The van der Waals surface area contributed by atoms with Crippen LogP contribution in [0.25, 0.3) is 0 Å². The van der Waals surface area contributed by atoms with Crippen molar-refractivity contribution in [3.8, 4) is 0 Å². The molecule has 0 bridgehead atoms. The van der Waals surface area contributed by atoms with Gasteiger partial charge >= 0.3 is 0 Å². The van der Waals surface area contributed by atoms with Crippen LogP contribution in [0.5, 0.6) is 0 Å². The van der Waals surface area contributed by atoms with E-state index in [0.717, 1.165) is 26.2 Å². The molecule has 0 aromatic carbocycles. The highest BCUT2D eigenvalue weighted by molar-refractivity contribution is 5.86. The first-order valence-corrected chi connectivity index (χ1v) is 5.70. The second-order valence-corrected chi connectivity index (χ2v) is 4.49. The zero-order valence-corrected chi connectivity index (χ0v) is 11.3. The fraction of sp³-hybridized carbons (Fsp3) is 0.750. The van der Waals surface area contributed by atoms with Crippen LogP contribution in [0.4, 0.5) is 0 Å². The summed E-state index contributed by atoms with van der Waals surface area (Å²) < 4.78 is 0. The first kappa shape index (κ1) is 15.5. The minimum absolute atomic E-state index is 0. The summed E-state index contributed by atoms with van der Waals surface area (Å²) in [5.74, 6) is 0.590. The highest BCUT2D eigenvalue weighted by atomic mass is 35.5. The molecule has 3 nitrogen and oxygen atoms in total. The molecule has 1 aliphatic rings. The monoisotopic (exact) mass is 246 g/mol. The van der Waals surface area contributed by atoms with Crippen LogP contribution < -0.4 is 5.32 Å². The quantitative estimate of drug-likeness (QED) is 0.592. The summed E-state index contributed by atoms with van der Waals surface area (Å²) in [5, 5.41) is 3.24. The van der Waals surface area contributed by atoms with Crippen LogP contribution in [-0.4, -0.2) is 37.0 Å². The van der Waals surface area contributed by atoms with Gasteiger partial charge in [-0.2, -0.15) is 0 Å². The van der Waals surface area contributed by atoms with E-state index in [1.807, 2.05) is 11.8 Å². The summed E-state index contributed by atoms with van der Waals surface area (Å²) in [4.78, 5) is 14.0. The third kappa shape index (κ3) is 2.77. The minimum atomic E-state index is -0.355. The first-order chi connectivity index (χ1) is 7.06. The highest BCUT2D eigenvalue weighted by Crippen LogP contribution is 2.37. The maximum absolute atomic E-state index is 12.1. The van der Waals surface area contributed by atoms with Crippen molar-refractivity contribution < 1.29 is 4.79 Å². The van der Waals surface area contributed by atoms with Gasteiger partial charge in [0, 0.05) is 19.6 Å². The van der Waals surface area contributed by atoms with E-state index in [1.54, 1.807) is 6.08 Å². The Labute approximate surface area is 105 Å². The van der Waals surface area contributed by atoms with E-state index in [1.165, 1.54) is 0 Å². The molecular formula is C12H23ClN2O. The van der Waals surface area contributed by atoms with Gasteiger partial charge in [-0.3, -0.25) is 4.79 Å². The molecule has 0 aromatic heterocycles. The molecule has 0 radical (unpaired) electrons. The topological polar surface area (TPSA) is 32.3 Å². The van der Waals surface area contributed by atoms with Crippen molar-refractivity contribution in [1.29, 1.82) is 0 Å². The van der Waals surface area contributed by atoms with E-state index >= 15 is 0 Å². The lowest BCUT2D eigenvalue weighted by molar-refractivity contribution is -0.133. The van der Waals surface area contributed by atoms with Crippen molar-refractivity contribution in [2.24, 2.45) is 11.3 Å². The molecule has 1 N–H and O–H groups in total. The molecule has 0 saturated carbocycles. The molecule has 1 fully saturated rings. The Kier molecular flexibility index (Phi) is 6.05. The zero-order chi connectivity index (χ0) is 11.5. The van der Waals surface area contributed by atoms with Gasteiger partial charge in [0.15, 0.2) is 0 Å². The molecule has 2 atom stereocenters. The Hall–Kier alpha value is -0.540. The number of rotatable bonds is 5. The predicted molar refractivity (Wildman–Crippen MR) is 69.8 cm³/mol. The number of likely N-dealkylation sites (tertiary alicyclic amines) is 1. The normalized spacial score (nSPS) is 29.1. The van der Waals surface area contributed by atoms with Gasteiger partial charge < -0.3 is 10.2 Å². The third-order valence-corrected chi connectivity index (χ3v) is 3.50.